The number of rotatable bonds is 6. The molecular weight excluding hydrogens is 240 g/mol. The van der Waals surface area contributed by atoms with Gasteiger partial charge in [0.2, 0.25) is 0 Å². The zero-order chi connectivity index (χ0) is 13.8. The first-order valence-electron chi connectivity index (χ1n) is 7.41. The second-order valence-electron chi connectivity index (χ2n) is 6.89. The second kappa shape index (κ2) is 7.16. The van der Waals surface area contributed by atoms with Crippen LogP contribution in [0.2, 0.25) is 0 Å². The number of piperazine rings is 1. The summed E-state index contributed by atoms with van der Waals surface area (Å²) in [7, 11) is 0. The van der Waals surface area contributed by atoms with E-state index in [-0.39, 0.29) is 0 Å². The molecule has 1 N–H and O–H groups in total. The Bertz CT molecular complexity index is 239. The average molecular weight is 273 g/mol. The maximum absolute atomic E-state index is 3.72. The molecule has 0 bridgehead atoms. The fraction of sp³-hybridized carbons (Fsp3) is 1.00. The molecule has 1 fully saturated rings. The molecule has 0 aromatic rings. The van der Waals surface area contributed by atoms with Crippen LogP contribution < -0.4 is 5.32 Å². The Labute approximate surface area is 118 Å². The van der Waals surface area contributed by atoms with E-state index in [4.69, 9.17) is 0 Å². The third-order valence-corrected chi connectivity index (χ3v) is 4.77. The fourth-order valence-electron chi connectivity index (χ4n) is 2.60. The first kappa shape index (κ1) is 16.3. The molecule has 1 unspecified atom stereocenters. The first-order valence-corrected chi connectivity index (χ1v) is 8.46. The molecule has 0 aromatic carbocycles. The molecule has 0 radical (unpaired) electrons. The molecule has 2 nitrogen and oxygen atoms in total. The minimum Gasteiger partial charge on any atom is -0.311 e. The summed E-state index contributed by atoms with van der Waals surface area (Å²) in [5.41, 5.74) is 0.311. The van der Waals surface area contributed by atoms with Gasteiger partial charge in [-0.3, -0.25) is 4.90 Å². The summed E-state index contributed by atoms with van der Waals surface area (Å²) in [6.07, 6.45) is 1.30. The maximum atomic E-state index is 3.72. The highest BCUT2D eigenvalue weighted by molar-refractivity contribution is 7.99. The van der Waals surface area contributed by atoms with Gasteiger partial charge in [0, 0.05) is 37.0 Å². The minimum absolute atomic E-state index is 0.311. The van der Waals surface area contributed by atoms with Crippen LogP contribution in [0.5, 0.6) is 0 Å². The summed E-state index contributed by atoms with van der Waals surface area (Å²) in [6, 6.07) is 0.682. The Morgan fingerprint density at radius 1 is 1.28 bits per heavy atom. The normalized spacial score (nSPS) is 25.0. The quantitative estimate of drug-likeness (QED) is 0.799. The van der Waals surface area contributed by atoms with E-state index in [0.717, 1.165) is 17.7 Å². The highest BCUT2D eigenvalue weighted by Crippen LogP contribution is 2.22. The van der Waals surface area contributed by atoms with Gasteiger partial charge in [-0.1, -0.05) is 27.7 Å². The fourth-order valence-corrected chi connectivity index (χ4v) is 3.40. The molecule has 18 heavy (non-hydrogen) atoms. The molecule has 0 spiro atoms. The van der Waals surface area contributed by atoms with E-state index >= 15 is 0 Å². The predicted octanol–water partition coefficient (Wildman–Crippen LogP) is 3.23. The van der Waals surface area contributed by atoms with Crippen molar-refractivity contribution < 1.29 is 0 Å². The maximum Gasteiger partial charge on any atom is 0.0278 e. The molecule has 3 heteroatoms. The van der Waals surface area contributed by atoms with E-state index in [1.165, 1.54) is 25.3 Å². The smallest absolute Gasteiger partial charge is 0.0278 e. The van der Waals surface area contributed by atoms with E-state index in [2.05, 4.69) is 63.5 Å². The Kier molecular flexibility index (Phi) is 6.49. The molecule has 1 aliphatic heterocycles. The molecule has 1 atom stereocenters. The van der Waals surface area contributed by atoms with Crippen molar-refractivity contribution in [1.29, 1.82) is 0 Å². The van der Waals surface area contributed by atoms with Gasteiger partial charge in [-0.15, -0.1) is 0 Å². The Morgan fingerprint density at radius 3 is 2.50 bits per heavy atom. The third-order valence-electron chi connectivity index (χ3n) is 3.69. The summed E-state index contributed by atoms with van der Waals surface area (Å²) in [5.74, 6) is 2.05. The van der Waals surface area contributed by atoms with Crippen molar-refractivity contribution in [3.63, 3.8) is 0 Å². The molecule has 0 aliphatic carbocycles. The van der Waals surface area contributed by atoms with Gasteiger partial charge in [-0.05, 0) is 31.4 Å². The van der Waals surface area contributed by atoms with Crippen LogP contribution in [0.15, 0.2) is 0 Å². The summed E-state index contributed by atoms with van der Waals surface area (Å²) in [6.45, 7) is 17.5. The van der Waals surface area contributed by atoms with E-state index in [1.54, 1.807) is 0 Å². The zero-order valence-corrected chi connectivity index (χ0v) is 13.9. The Balaban J connectivity index is 2.44. The lowest BCUT2D eigenvalue weighted by Gasteiger charge is -2.46. The topological polar surface area (TPSA) is 15.3 Å². The van der Waals surface area contributed by atoms with Gasteiger partial charge in [-0.25, -0.2) is 0 Å². The van der Waals surface area contributed by atoms with Gasteiger partial charge in [-0.2, -0.15) is 11.8 Å². The van der Waals surface area contributed by atoms with Crippen LogP contribution in [-0.4, -0.2) is 47.1 Å². The highest BCUT2D eigenvalue weighted by Gasteiger charge is 2.33. The molecule has 1 heterocycles. The summed E-state index contributed by atoms with van der Waals surface area (Å²) in [4.78, 5) is 2.69. The second-order valence-corrected chi connectivity index (χ2v) is 8.57. The van der Waals surface area contributed by atoms with Gasteiger partial charge in [0.15, 0.2) is 0 Å². The molecular formula is C15H32N2S. The van der Waals surface area contributed by atoms with Gasteiger partial charge < -0.3 is 5.32 Å². The monoisotopic (exact) mass is 272 g/mol. The first-order chi connectivity index (χ1) is 8.31. The number of hydrogen-bond donors (Lipinski definition) is 1. The van der Waals surface area contributed by atoms with Crippen molar-refractivity contribution >= 4 is 11.8 Å². The molecule has 0 saturated carbocycles. The lowest BCUT2D eigenvalue weighted by atomic mass is 9.94. The minimum atomic E-state index is 0.311. The van der Waals surface area contributed by atoms with Crippen molar-refractivity contribution in [2.24, 2.45) is 5.92 Å². The summed E-state index contributed by atoms with van der Waals surface area (Å²) in [5, 5.41) is 4.47. The lowest BCUT2D eigenvalue weighted by molar-refractivity contribution is 0.0675. The van der Waals surface area contributed by atoms with Crippen LogP contribution in [0.1, 0.15) is 48.0 Å². The predicted molar refractivity (Wildman–Crippen MR) is 84.5 cm³/mol. The molecule has 0 amide bonds. The van der Waals surface area contributed by atoms with E-state index in [1.807, 2.05) is 0 Å². The van der Waals surface area contributed by atoms with E-state index in [9.17, 15) is 0 Å². The van der Waals surface area contributed by atoms with Crippen molar-refractivity contribution in [3.8, 4) is 0 Å². The number of thioether (sulfide) groups is 1. The van der Waals surface area contributed by atoms with Crippen LogP contribution in [0.3, 0.4) is 0 Å². The molecule has 0 aromatic heterocycles. The molecule has 108 valence electrons. The van der Waals surface area contributed by atoms with Crippen LogP contribution in [0.25, 0.3) is 0 Å². The van der Waals surface area contributed by atoms with Crippen LogP contribution in [0, 0.1) is 5.92 Å². The van der Waals surface area contributed by atoms with E-state index < -0.39 is 0 Å². The van der Waals surface area contributed by atoms with Crippen molar-refractivity contribution in [1.82, 2.24) is 10.2 Å². The Hall–Kier alpha value is 0.270. The highest BCUT2D eigenvalue weighted by atomic mass is 32.2. The largest absolute Gasteiger partial charge is 0.311 e. The van der Waals surface area contributed by atoms with Crippen LogP contribution >= 0.6 is 11.8 Å². The SMILES string of the molecule is CC(C)CC1CN(CCSC(C)C)C(C)(C)CN1. The molecule has 1 saturated heterocycles. The van der Waals surface area contributed by atoms with Crippen molar-refractivity contribution in [3.05, 3.63) is 0 Å². The number of nitrogens with one attached hydrogen (secondary N) is 1. The average Bonchev–Trinajstić information content (AvgIpc) is 2.21. The zero-order valence-electron chi connectivity index (χ0n) is 13.1. The third kappa shape index (κ3) is 5.50. The van der Waals surface area contributed by atoms with Crippen LogP contribution in [-0.2, 0) is 0 Å². The van der Waals surface area contributed by atoms with E-state index in [0.29, 0.717) is 11.6 Å². The molecule has 1 rings (SSSR count). The van der Waals surface area contributed by atoms with Crippen molar-refractivity contribution in [2.45, 2.75) is 64.8 Å². The number of hydrogen-bond acceptors (Lipinski definition) is 3. The van der Waals surface area contributed by atoms with Gasteiger partial charge in [0.05, 0.1) is 0 Å². The standard InChI is InChI=1S/C15H32N2S/c1-12(2)9-14-10-17(7-8-18-13(3)4)15(5,6)11-16-14/h12-14,16H,7-11H2,1-6H3. The summed E-state index contributed by atoms with van der Waals surface area (Å²) >= 11 is 2.08. The number of nitrogens with zero attached hydrogens (tertiary/aromatic N) is 1. The van der Waals surface area contributed by atoms with Crippen molar-refractivity contribution in [2.75, 3.05) is 25.4 Å². The van der Waals surface area contributed by atoms with Gasteiger partial charge in [0.25, 0.3) is 0 Å². The summed E-state index contributed by atoms with van der Waals surface area (Å²) < 4.78 is 0. The van der Waals surface area contributed by atoms with Gasteiger partial charge >= 0.3 is 0 Å². The lowest BCUT2D eigenvalue weighted by Crippen LogP contribution is -2.62. The van der Waals surface area contributed by atoms with Crippen LogP contribution in [0.4, 0.5) is 0 Å². The Morgan fingerprint density at radius 2 is 1.94 bits per heavy atom. The molecule has 1 aliphatic rings. The van der Waals surface area contributed by atoms with Gasteiger partial charge in [0.1, 0.15) is 0 Å².